The maximum atomic E-state index is 12.8. The summed E-state index contributed by atoms with van der Waals surface area (Å²) in [7, 11) is 0. The molecular formula is C22H19NO2. The molecule has 3 aromatic carbocycles. The van der Waals surface area contributed by atoms with E-state index < -0.39 is 0 Å². The van der Waals surface area contributed by atoms with Crippen molar-refractivity contribution in [2.45, 2.75) is 12.8 Å². The maximum absolute atomic E-state index is 12.8. The van der Waals surface area contributed by atoms with Crippen molar-refractivity contribution in [2.75, 3.05) is 6.54 Å². The van der Waals surface area contributed by atoms with Crippen LogP contribution in [0.1, 0.15) is 18.4 Å². The lowest BCUT2D eigenvalue weighted by molar-refractivity contribution is 0.171. The summed E-state index contributed by atoms with van der Waals surface area (Å²) >= 11 is 0. The second kappa shape index (κ2) is 6.81. The van der Waals surface area contributed by atoms with Crippen LogP contribution < -0.4 is 4.74 Å². The van der Waals surface area contributed by atoms with Crippen molar-refractivity contribution < 1.29 is 9.53 Å². The van der Waals surface area contributed by atoms with Gasteiger partial charge in [-0.15, -0.1) is 0 Å². The number of rotatable bonds is 2. The van der Waals surface area contributed by atoms with Gasteiger partial charge in [-0.2, -0.15) is 0 Å². The van der Waals surface area contributed by atoms with Crippen molar-refractivity contribution in [3.63, 3.8) is 0 Å². The number of hydrogen-bond donors (Lipinski definition) is 0. The number of ether oxygens (including phenoxy) is 1. The zero-order valence-electron chi connectivity index (χ0n) is 13.9. The van der Waals surface area contributed by atoms with Gasteiger partial charge < -0.3 is 4.74 Å². The Balaban J connectivity index is 1.69. The van der Waals surface area contributed by atoms with E-state index in [9.17, 15) is 4.79 Å². The van der Waals surface area contributed by atoms with Gasteiger partial charge in [-0.25, -0.2) is 4.79 Å². The number of allylic oxidation sites excluding steroid dienone is 1. The largest absolute Gasteiger partial charge is 0.419 e. The minimum atomic E-state index is -0.329. The summed E-state index contributed by atoms with van der Waals surface area (Å²) in [6.45, 7) is 0.667. The second-order valence-corrected chi connectivity index (χ2v) is 6.09. The molecule has 0 saturated carbocycles. The Labute approximate surface area is 147 Å². The first-order valence-electron chi connectivity index (χ1n) is 8.55. The molecule has 0 aromatic heterocycles. The van der Waals surface area contributed by atoms with Crippen molar-refractivity contribution in [3.05, 3.63) is 84.4 Å². The van der Waals surface area contributed by atoms with E-state index in [2.05, 4.69) is 30.3 Å². The molecule has 0 saturated heterocycles. The Kier molecular flexibility index (Phi) is 4.21. The van der Waals surface area contributed by atoms with Crippen molar-refractivity contribution in [1.82, 2.24) is 4.90 Å². The normalized spacial score (nSPS) is 14.2. The van der Waals surface area contributed by atoms with E-state index in [1.807, 2.05) is 36.4 Å². The Morgan fingerprint density at radius 3 is 2.52 bits per heavy atom. The third-order valence-corrected chi connectivity index (χ3v) is 4.45. The van der Waals surface area contributed by atoms with Crippen LogP contribution in [0, 0.1) is 0 Å². The molecule has 0 atom stereocenters. The molecule has 3 nitrogen and oxygen atoms in total. The Morgan fingerprint density at radius 2 is 1.64 bits per heavy atom. The van der Waals surface area contributed by atoms with Crippen molar-refractivity contribution >= 4 is 22.6 Å². The standard InChI is InChI=1S/C22H19NO2/c24-22(25-18-11-2-1-3-12-18)23-16-7-6-15-21(23)20-14-8-10-17-9-4-5-13-19(17)20/h1-5,8-15H,6-7,16H2. The number of carbonyl (C=O) groups excluding carboxylic acids is 1. The van der Waals surface area contributed by atoms with E-state index in [1.165, 1.54) is 5.39 Å². The lowest BCUT2D eigenvalue weighted by Gasteiger charge is -2.28. The molecule has 0 radical (unpaired) electrons. The minimum absolute atomic E-state index is 0.329. The van der Waals surface area contributed by atoms with Crippen LogP contribution in [0.5, 0.6) is 5.75 Å². The summed E-state index contributed by atoms with van der Waals surface area (Å²) in [5.41, 5.74) is 2.01. The molecule has 3 aromatic rings. The summed E-state index contributed by atoms with van der Waals surface area (Å²) in [5.74, 6) is 0.565. The first-order chi connectivity index (χ1) is 12.3. The highest BCUT2D eigenvalue weighted by Gasteiger charge is 2.24. The van der Waals surface area contributed by atoms with Crippen LogP contribution in [-0.2, 0) is 0 Å². The summed E-state index contributed by atoms with van der Waals surface area (Å²) in [5, 5.41) is 2.32. The number of benzene rings is 3. The Bertz CT molecular complexity index is 926. The van der Waals surface area contributed by atoms with E-state index in [0.717, 1.165) is 29.5 Å². The van der Waals surface area contributed by atoms with Crippen LogP contribution in [0.25, 0.3) is 16.5 Å². The fourth-order valence-electron chi connectivity index (χ4n) is 3.26. The maximum Gasteiger partial charge on any atom is 0.419 e. The average molecular weight is 329 g/mol. The molecule has 3 heteroatoms. The van der Waals surface area contributed by atoms with Crippen LogP contribution in [-0.4, -0.2) is 17.5 Å². The molecule has 25 heavy (non-hydrogen) atoms. The minimum Gasteiger partial charge on any atom is -0.410 e. The van der Waals surface area contributed by atoms with Crippen molar-refractivity contribution in [3.8, 4) is 5.75 Å². The lowest BCUT2D eigenvalue weighted by Crippen LogP contribution is -2.34. The van der Waals surface area contributed by atoms with E-state index in [1.54, 1.807) is 17.0 Å². The van der Waals surface area contributed by atoms with Crippen molar-refractivity contribution in [1.29, 1.82) is 0 Å². The highest BCUT2D eigenvalue weighted by atomic mass is 16.6. The fraction of sp³-hybridized carbons (Fsp3) is 0.136. The van der Waals surface area contributed by atoms with Gasteiger partial charge in [-0.3, -0.25) is 4.90 Å². The molecule has 0 aliphatic carbocycles. The van der Waals surface area contributed by atoms with Crippen molar-refractivity contribution in [2.24, 2.45) is 0 Å². The van der Waals surface area contributed by atoms with Crippen LogP contribution in [0.4, 0.5) is 4.79 Å². The number of amides is 1. The zero-order valence-corrected chi connectivity index (χ0v) is 13.9. The number of para-hydroxylation sites is 1. The molecule has 1 heterocycles. The van der Waals surface area contributed by atoms with Gasteiger partial charge in [0.25, 0.3) is 0 Å². The molecule has 0 N–H and O–H groups in total. The summed E-state index contributed by atoms with van der Waals surface area (Å²) in [4.78, 5) is 14.5. The van der Waals surface area contributed by atoms with Gasteiger partial charge in [0, 0.05) is 12.1 Å². The van der Waals surface area contributed by atoms with Crippen LogP contribution in [0.15, 0.2) is 78.9 Å². The summed E-state index contributed by atoms with van der Waals surface area (Å²) in [6, 6.07) is 23.7. The fourth-order valence-corrected chi connectivity index (χ4v) is 3.26. The smallest absolute Gasteiger partial charge is 0.410 e. The van der Waals surface area contributed by atoms with E-state index in [4.69, 9.17) is 4.74 Å². The van der Waals surface area contributed by atoms with E-state index >= 15 is 0 Å². The Hall–Kier alpha value is -3.07. The molecule has 1 aliphatic heterocycles. The molecule has 0 unspecified atom stereocenters. The molecular weight excluding hydrogens is 310 g/mol. The Morgan fingerprint density at radius 1 is 0.880 bits per heavy atom. The van der Waals surface area contributed by atoms with Crippen LogP contribution >= 0.6 is 0 Å². The highest BCUT2D eigenvalue weighted by molar-refractivity contribution is 5.96. The van der Waals surface area contributed by atoms with Gasteiger partial charge in [0.1, 0.15) is 5.75 Å². The van der Waals surface area contributed by atoms with Gasteiger partial charge in [0.15, 0.2) is 0 Å². The molecule has 0 fully saturated rings. The highest BCUT2D eigenvalue weighted by Crippen LogP contribution is 2.31. The quantitative estimate of drug-likeness (QED) is 0.623. The lowest BCUT2D eigenvalue weighted by atomic mass is 9.99. The topological polar surface area (TPSA) is 29.5 Å². The number of fused-ring (bicyclic) bond motifs is 1. The molecule has 4 rings (SSSR count). The van der Waals surface area contributed by atoms with Gasteiger partial charge in [0.2, 0.25) is 0 Å². The predicted octanol–water partition coefficient (Wildman–Crippen LogP) is 5.48. The zero-order chi connectivity index (χ0) is 17.1. The summed E-state index contributed by atoms with van der Waals surface area (Å²) < 4.78 is 5.56. The molecule has 1 aliphatic rings. The molecule has 0 spiro atoms. The van der Waals surface area contributed by atoms with Gasteiger partial charge in [0.05, 0.1) is 5.70 Å². The van der Waals surface area contributed by atoms with Crippen LogP contribution in [0.2, 0.25) is 0 Å². The summed E-state index contributed by atoms with van der Waals surface area (Å²) in [6.07, 6.45) is 3.72. The number of hydrogen-bond acceptors (Lipinski definition) is 2. The number of nitrogens with zero attached hydrogens (tertiary/aromatic N) is 1. The first-order valence-corrected chi connectivity index (χ1v) is 8.55. The van der Waals surface area contributed by atoms with Gasteiger partial charge in [-0.1, -0.05) is 66.7 Å². The third kappa shape index (κ3) is 3.13. The number of carbonyl (C=O) groups is 1. The SMILES string of the molecule is O=C(Oc1ccccc1)N1CCCC=C1c1cccc2ccccc12. The monoisotopic (exact) mass is 329 g/mol. The third-order valence-electron chi connectivity index (χ3n) is 4.45. The van der Waals surface area contributed by atoms with Crippen LogP contribution in [0.3, 0.4) is 0 Å². The predicted molar refractivity (Wildman–Crippen MR) is 100 cm³/mol. The average Bonchev–Trinajstić information content (AvgIpc) is 2.68. The second-order valence-electron chi connectivity index (χ2n) is 6.09. The van der Waals surface area contributed by atoms with E-state index in [0.29, 0.717) is 12.3 Å². The van der Waals surface area contributed by atoms with E-state index in [-0.39, 0.29) is 6.09 Å². The first kappa shape index (κ1) is 15.5. The molecule has 124 valence electrons. The molecule has 1 amide bonds. The van der Waals surface area contributed by atoms with Gasteiger partial charge in [-0.05, 0) is 35.7 Å². The van der Waals surface area contributed by atoms with Gasteiger partial charge >= 0.3 is 6.09 Å². The molecule has 0 bridgehead atoms.